The lowest BCUT2D eigenvalue weighted by atomic mass is 10.0. The molecule has 1 aromatic carbocycles. The predicted octanol–water partition coefficient (Wildman–Crippen LogP) is 3.04. The molecule has 0 spiro atoms. The van der Waals surface area contributed by atoms with Crippen LogP contribution in [0.5, 0.6) is 0 Å². The highest BCUT2D eigenvalue weighted by Crippen LogP contribution is 2.33. The van der Waals surface area contributed by atoms with Gasteiger partial charge in [0.15, 0.2) is 0 Å². The lowest BCUT2D eigenvalue weighted by Crippen LogP contribution is -2.56. The summed E-state index contributed by atoms with van der Waals surface area (Å²) in [6, 6.07) is 9.83. The van der Waals surface area contributed by atoms with Gasteiger partial charge in [-0.1, -0.05) is 30.3 Å². The lowest BCUT2D eigenvalue weighted by molar-refractivity contribution is 0.118. The maximum atomic E-state index is 12.0. The molecule has 1 atom stereocenters. The average Bonchev–Trinajstić information content (AvgIpc) is 2.84. The van der Waals surface area contributed by atoms with E-state index in [4.69, 9.17) is 14.7 Å². The summed E-state index contributed by atoms with van der Waals surface area (Å²) in [5.41, 5.74) is 1.87. The van der Waals surface area contributed by atoms with Crippen LogP contribution < -0.4 is 9.80 Å². The van der Waals surface area contributed by atoms with E-state index >= 15 is 0 Å². The number of piperazine rings is 1. The Hall–Kier alpha value is -2.98. The molecule has 2 aliphatic rings. The van der Waals surface area contributed by atoms with E-state index in [-0.39, 0.29) is 6.04 Å². The molecule has 1 unspecified atom stereocenters. The number of aromatic nitrogens is 3. The number of anilines is 2. The predicted molar refractivity (Wildman–Crippen MR) is 129 cm³/mol. The minimum atomic E-state index is -0.887. The van der Waals surface area contributed by atoms with Crippen molar-refractivity contribution in [2.75, 3.05) is 55.7 Å². The third-order valence-corrected chi connectivity index (χ3v) is 6.77. The fraction of sp³-hybridized carbons (Fsp3) is 0.391. The Balaban J connectivity index is 1.52. The van der Waals surface area contributed by atoms with Crippen molar-refractivity contribution in [1.82, 2.24) is 19.9 Å². The second kappa shape index (κ2) is 9.48. The highest BCUT2D eigenvalue weighted by Gasteiger charge is 2.32. The van der Waals surface area contributed by atoms with Crippen molar-refractivity contribution in [2.45, 2.75) is 12.5 Å². The van der Waals surface area contributed by atoms with E-state index in [1.807, 2.05) is 30.3 Å². The minimum Gasteiger partial charge on any atom is -0.465 e. The van der Waals surface area contributed by atoms with Gasteiger partial charge in [-0.25, -0.2) is 9.78 Å². The number of carbonyl (C=O) groups is 1. The molecule has 10 heteroatoms. The third kappa shape index (κ3) is 4.58. The number of fused-ring (bicyclic) bond motifs is 1. The average molecular weight is 513 g/mol. The Labute approximate surface area is 200 Å². The number of nitrogens with zero attached hydrogens (tertiary/aromatic N) is 6. The molecule has 1 amide bonds. The fourth-order valence-corrected chi connectivity index (χ4v) is 5.01. The Morgan fingerprint density at radius 3 is 2.61 bits per heavy atom. The van der Waals surface area contributed by atoms with E-state index in [2.05, 4.69) is 30.7 Å². The zero-order valence-corrected chi connectivity index (χ0v) is 19.7. The second-order valence-electron chi connectivity index (χ2n) is 8.23. The Bertz CT molecular complexity index is 1140. The van der Waals surface area contributed by atoms with Gasteiger partial charge in [-0.3, -0.25) is 4.98 Å². The van der Waals surface area contributed by atoms with Crippen LogP contribution in [0.4, 0.5) is 16.6 Å². The van der Waals surface area contributed by atoms with Crippen molar-refractivity contribution in [2.24, 2.45) is 0 Å². The Kier molecular flexibility index (Phi) is 6.28. The summed E-state index contributed by atoms with van der Waals surface area (Å²) >= 11 is 3.63. The number of hydrogen-bond acceptors (Lipinski definition) is 7. The van der Waals surface area contributed by atoms with Crippen LogP contribution in [0, 0.1) is 0 Å². The van der Waals surface area contributed by atoms with E-state index < -0.39 is 6.09 Å². The van der Waals surface area contributed by atoms with Crippen LogP contribution >= 0.6 is 15.9 Å². The van der Waals surface area contributed by atoms with Crippen molar-refractivity contribution < 1.29 is 14.6 Å². The highest BCUT2D eigenvalue weighted by atomic mass is 79.9. The molecule has 2 aromatic heterocycles. The monoisotopic (exact) mass is 512 g/mol. The van der Waals surface area contributed by atoms with Gasteiger partial charge in [0, 0.05) is 43.4 Å². The zero-order chi connectivity index (χ0) is 22.8. The summed E-state index contributed by atoms with van der Waals surface area (Å²) in [6.45, 7) is 4.26. The topological polar surface area (TPSA) is 94.9 Å². The van der Waals surface area contributed by atoms with Crippen LogP contribution in [0.2, 0.25) is 0 Å². The van der Waals surface area contributed by atoms with Crippen LogP contribution in [0.15, 0.2) is 47.2 Å². The molecular formula is C23H25BrN6O3. The second-order valence-corrected chi connectivity index (χ2v) is 9.08. The number of ether oxygens (including phenoxy) is 1. The summed E-state index contributed by atoms with van der Waals surface area (Å²) in [5.74, 6) is 1.46. The largest absolute Gasteiger partial charge is 0.465 e. The van der Waals surface area contributed by atoms with Gasteiger partial charge >= 0.3 is 6.09 Å². The summed E-state index contributed by atoms with van der Waals surface area (Å²) in [4.78, 5) is 31.9. The van der Waals surface area contributed by atoms with E-state index in [9.17, 15) is 9.90 Å². The molecule has 0 radical (unpaired) electrons. The SMILES string of the molecule is O=C(O)N1CCN(c2nc(N3CCOCC3)nc3cncc(Br)c23)CC1Cc1ccccc1. The zero-order valence-electron chi connectivity index (χ0n) is 18.1. The van der Waals surface area contributed by atoms with Gasteiger partial charge in [0.2, 0.25) is 5.95 Å². The smallest absolute Gasteiger partial charge is 0.407 e. The van der Waals surface area contributed by atoms with Crippen LogP contribution in [0.3, 0.4) is 0 Å². The van der Waals surface area contributed by atoms with E-state index in [1.165, 1.54) is 0 Å². The van der Waals surface area contributed by atoms with Gasteiger partial charge in [0.25, 0.3) is 0 Å². The lowest BCUT2D eigenvalue weighted by Gasteiger charge is -2.41. The third-order valence-electron chi connectivity index (χ3n) is 6.17. The van der Waals surface area contributed by atoms with E-state index in [0.29, 0.717) is 45.2 Å². The molecule has 2 saturated heterocycles. The molecule has 9 nitrogen and oxygen atoms in total. The fourth-order valence-electron chi connectivity index (χ4n) is 4.51. The number of carboxylic acid groups (broad SMARTS) is 1. The number of morpholine rings is 1. The molecule has 172 valence electrons. The van der Waals surface area contributed by atoms with E-state index in [1.54, 1.807) is 17.3 Å². The standard InChI is InChI=1S/C23H25BrN6O3/c24-18-13-25-14-19-20(18)21(27-22(26-19)28-8-10-33-11-9-28)29-6-7-30(23(31)32)17(15-29)12-16-4-2-1-3-5-16/h1-5,13-14,17H,6-12,15H2,(H,31,32). The number of amides is 1. The number of rotatable bonds is 4. The molecule has 0 aliphatic carbocycles. The summed E-state index contributed by atoms with van der Waals surface area (Å²) in [6.07, 6.45) is 3.26. The normalized spacial score (nSPS) is 19.2. The number of benzene rings is 1. The summed E-state index contributed by atoms with van der Waals surface area (Å²) in [5, 5.41) is 10.7. The van der Waals surface area contributed by atoms with Gasteiger partial charge in [-0.15, -0.1) is 0 Å². The van der Waals surface area contributed by atoms with Crippen LogP contribution in [0.1, 0.15) is 5.56 Å². The first-order valence-corrected chi connectivity index (χ1v) is 11.8. The molecule has 0 saturated carbocycles. The number of hydrogen-bond donors (Lipinski definition) is 1. The highest BCUT2D eigenvalue weighted by molar-refractivity contribution is 9.10. The quantitative estimate of drug-likeness (QED) is 0.569. The van der Waals surface area contributed by atoms with Gasteiger partial charge in [0.1, 0.15) is 5.82 Å². The van der Waals surface area contributed by atoms with Gasteiger partial charge < -0.3 is 24.5 Å². The molecular weight excluding hydrogens is 488 g/mol. The number of pyridine rings is 1. The first kappa shape index (κ1) is 21.8. The maximum Gasteiger partial charge on any atom is 0.407 e. The first-order valence-electron chi connectivity index (χ1n) is 11.0. The molecule has 2 aliphatic heterocycles. The molecule has 0 bridgehead atoms. The van der Waals surface area contributed by atoms with Crippen molar-refractivity contribution in [3.05, 3.63) is 52.8 Å². The summed E-state index contributed by atoms with van der Waals surface area (Å²) < 4.78 is 6.31. The molecule has 1 N–H and O–H groups in total. The molecule has 2 fully saturated rings. The van der Waals surface area contributed by atoms with Gasteiger partial charge in [-0.05, 0) is 27.9 Å². The first-order chi connectivity index (χ1) is 16.1. The summed E-state index contributed by atoms with van der Waals surface area (Å²) in [7, 11) is 0. The number of halogens is 1. The van der Waals surface area contributed by atoms with Crippen LogP contribution in [-0.4, -0.2) is 83.0 Å². The Morgan fingerprint density at radius 2 is 1.85 bits per heavy atom. The maximum absolute atomic E-state index is 12.0. The van der Waals surface area contributed by atoms with E-state index in [0.717, 1.165) is 39.8 Å². The van der Waals surface area contributed by atoms with Crippen molar-refractivity contribution in [1.29, 1.82) is 0 Å². The van der Waals surface area contributed by atoms with Gasteiger partial charge in [-0.2, -0.15) is 4.98 Å². The Morgan fingerprint density at radius 1 is 1.06 bits per heavy atom. The molecule has 3 aromatic rings. The van der Waals surface area contributed by atoms with Crippen molar-refractivity contribution in [3.63, 3.8) is 0 Å². The molecule has 33 heavy (non-hydrogen) atoms. The van der Waals surface area contributed by atoms with Crippen LogP contribution in [-0.2, 0) is 11.2 Å². The van der Waals surface area contributed by atoms with Crippen LogP contribution in [0.25, 0.3) is 10.9 Å². The minimum absolute atomic E-state index is 0.184. The molecule has 5 rings (SSSR count). The molecule has 4 heterocycles. The van der Waals surface area contributed by atoms with Crippen molar-refractivity contribution in [3.8, 4) is 0 Å². The van der Waals surface area contributed by atoms with Gasteiger partial charge in [0.05, 0.1) is 36.4 Å². The van der Waals surface area contributed by atoms with Crippen molar-refractivity contribution >= 4 is 44.7 Å².